The van der Waals surface area contributed by atoms with Crippen LogP contribution in [0, 0.1) is 0 Å². The maximum Gasteiger partial charge on any atom is 0.0236 e. The van der Waals surface area contributed by atoms with Crippen molar-refractivity contribution in [1.29, 1.82) is 0 Å². The van der Waals surface area contributed by atoms with Crippen molar-refractivity contribution in [2.24, 2.45) is 0 Å². The van der Waals surface area contributed by atoms with E-state index in [0.717, 1.165) is 19.0 Å². The third-order valence-electron chi connectivity index (χ3n) is 4.21. The van der Waals surface area contributed by atoms with Crippen LogP contribution in [0.5, 0.6) is 0 Å². The van der Waals surface area contributed by atoms with Crippen LogP contribution in [0.3, 0.4) is 0 Å². The maximum absolute atomic E-state index is 3.73. The third-order valence-corrected chi connectivity index (χ3v) is 4.21. The molecule has 106 valence electrons. The number of unbranched alkanes of at least 4 members (excludes halogenated alkanes) is 1. The Bertz CT molecular complexity index is 350. The molecule has 1 fully saturated rings. The molecule has 0 aromatic heterocycles. The van der Waals surface area contributed by atoms with E-state index in [1.54, 1.807) is 0 Å². The first-order valence-electron chi connectivity index (χ1n) is 7.84. The van der Waals surface area contributed by atoms with Crippen LogP contribution in [-0.2, 0) is 6.42 Å². The van der Waals surface area contributed by atoms with Crippen molar-refractivity contribution in [1.82, 2.24) is 10.2 Å². The van der Waals surface area contributed by atoms with Crippen molar-refractivity contribution in [3.05, 3.63) is 35.9 Å². The number of piperazine rings is 1. The topological polar surface area (TPSA) is 15.3 Å². The molecule has 1 saturated heterocycles. The van der Waals surface area contributed by atoms with Gasteiger partial charge in [-0.15, -0.1) is 0 Å². The molecule has 0 aliphatic carbocycles. The molecule has 2 heteroatoms. The lowest BCUT2D eigenvalue weighted by molar-refractivity contribution is 0.124. The summed E-state index contributed by atoms with van der Waals surface area (Å²) in [6.07, 6.45) is 5.03. The summed E-state index contributed by atoms with van der Waals surface area (Å²) in [5, 5.41) is 3.73. The normalized spacial score (nSPS) is 24.5. The van der Waals surface area contributed by atoms with Crippen LogP contribution >= 0.6 is 0 Å². The van der Waals surface area contributed by atoms with Crippen LogP contribution in [-0.4, -0.2) is 36.6 Å². The molecule has 1 aliphatic heterocycles. The molecule has 2 atom stereocenters. The highest BCUT2D eigenvalue weighted by atomic mass is 15.2. The molecule has 0 amide bonds. The Balaban J connectivity index is 1.89. The standard InChI is InChI=1S/C17H28N2/c1-3-5-11-19-14-16(18-13-17(19)4-2)12-15-9-7-6-8-10-15/h6-10,16-18H,3-5,11-14H2,1-2H3. The minimum atomic E-state index is 0.613. The summed E-state index contributed by atoms with van der Waals surface area (Å²) in [6.45, 7) is 8.21. The predicted octanol–water partition coefficient (Wildman–Crippen LogP) is 3.08. The zero-order valence-corrected chi connectivity index (χ0v) is 12.4. The Labute approximate surface area is 118 Å². The molecule has 19 heavy (non-hydrogen) atoms. The Kier molecular flexibility index (Phi) is 5.87. The zero-order valence-electron chi connectivity index (χ0n) is 12.4. The minimum Gasteiger partial charge on any atom is -0.311 e. The molecule has 1 aromatic carbocycles. The Hall–Kier alpha value is -0.860. The lowest BCUT2D eigenvalue weighted by atomic mass is 10.0. The van der Waals surface area contributed by atoms with Crippen LogP contribution in [0.15, 0.2) is 30.3 Å². The van der Waals surface area contributed by atoms with Crippen LogP contribution in [0.2, 0.25) is 0 Å². The Morgan fingerprint density at radius 2 is 2.00 bits per heavy atom. The summed E-state index contributed by atoms with van der Waals surface area (Å²) in [7, 11) is 0. The van der Waals surface area contributed by atoms with Gasteiger partial charge in [0.05, 0.1) is 0 Å². The number of rotatable bonds is 6. The summed E-state index contributed by atoms with van der Waals surface area (Å²) in [5.74, 6) is 0. The molecule has 1 aliphatic rings. The van der Waals surface area contributed by atoms with Gasteiger partial charge in [0.25, 0.3) is 0 Å². The molecule has 1 heterocycles. The van der Waals surface area contributed by atoms with Gasteiger partial charge in [0.15, 0.2) is 0 Å². The van der Waals surface area contributed by atoms with Crippen molar-refractivity contribution < 1.29 is 0 Å². The van der Waals surface area contributed by atoms with Gasteiger partial charge >= 0.3 is 0 Å². The van der Waals surface area contributed by atoms with Gasteiger partial charge in [-0.25, -0.2) is 0 Å². The summed E-state index contributed by atoms with van der Waals surface area (Å²) < 4.78 is 0. The molecule has 2 unspecified atom stereocenters. The van der Waals surface area contributed by atoms with E-state index in [-0.39, 0.29) is 0 Å². The maximum atomic E-state index is 3.73. The van der Waals surface area contributed by atoms with Crippen LogP contribution in [0.4, 0.5) is 0 Å². The molecule has 0 bridgehead atoms. The van der Waals surface area contributed by atoms with E-state index in [1.165, 1.54) is 37.9 Å². The van der Waals surface area contributed by atoms with E-state index in [2.05, 4.69) is 54.4 Å². The van der Waals surface area contributed by atoms with E-state index < -0.39 is 0 Å². The fourth-order valence-corrected chi connectivity index (χ4v) is 3.00. The van der Waals surface area contributed by atoms with Crippen molar-refractivity contribution in [3.8, 4) is 0 Å². The van der Waals surface area contributed by atoms with Crippen LogP contribution in [0.25, 0.3) is 0 Å². The predicted molar refractivity (Wildman–Crippen MR) is 82.5 cm³/mol. The second kappa shape index (κ2) is 7.66. The number of nitrogens with zero attached hydrogens (tertiary/aromatic N) is 1. The molecule has 0 radical (unpaired) electrons. The molecule has 1 N–H and O–H groups in total. The highest BCUT2D eigenvalue weighted by molar-refractivity contribution is 5.16. The van der Waals surface area contributed by atoms with Crippen molar-refractivity contribution in [3.63, 3.8) is 0 Å². The number of benzene rings is 1. The fraction of sp³-hybridized carbons (Fsp3) is 0.647. The lowest BCUT2D eigenvalue weighted by Crippen LogP contribution is -2.57. The SMILES string of the molecule is CCCCN1CC(Cc2ccccc2)NCC1CC. The van der Waals surface area contributed by atoms with Crippen LogP contribution in [0.1, 0.15) is 38.7 Å². The van der Waals surface area contributed by atoms with Gasteiger partial charge in [-0.3, -0.25) is 4.90 Å². The van der Waals surface area contributed by atoms with Gasteiger partial charge in [0.1, 0.15) is 0 Å². The lowest BCUT2D eigenvalue weighted by Gasteiger charge is -2.40. The Morgan fingerprint density at radius 1 is 1.21 bits per heavy atom. The van der Waals surface area contributed by atoms with Gasteiger partial charge in [0, 0.05) is 25.2 Å². The minimum absolute atomic E-state index is 0.613. The number of nitrogens with one attached hydrogen (secondary N) is 1. The van der Waals surface area contributed by atoms with E-state index in [9.17, 15) is 0 Å². The average Bonchev–Trinajstić information content (AvgIpc) is 2.46. The van der Waals surface area contributed by atoms with E-state index in [1.807, 2.05) is 0 Å². The second-order valence-electron chi connectivity index (χ2n) is 5.71. The first-order valence-corrected chi connectivity index (χ1v) is 7.84. The van der Waals surface area contributed by atoms with E-state index >= 15 is 0 Å². The quantitative estimate of drug-likeness (QED) is 0.845. The average molecular weight is 260 g/mol. The molecule has 0 spiro atoms. The second-order valence-corrected chi connectivity index (χ2v) is 5.71. The summed E-state index contributed by atoms with van der Waals surface area (Å²) in [6, 6.07) is 12.2. The van der Waals surface area contributed by atoms with Gasteiger partial charge < -0.3 is 5.32 Å². The summed E-state index contributed by atoms with van der Waals surface area (Å²) in [4.78, 5) is 2.70. The molecule has 2 rings (SSSR count). The van der Waals surface area contributed by atoms with Gasteiger partial charge in [-0.05, 0) is 31.4 Å². The van der Waals surface area contributed by atoms with Gasteiger partial charge in [-0.1, -0.05) is 50.6 Å². The van der Waals surface area contributed by atoms with E-state index in [0.29, 0.717) is 6.04 Å². The van der Waals surface area contributed by atoms with Gasteiger partial charge in [-0.2, -0.15) is 0 Å². The summed E-state index contributed by atoms with van der Waals surface area (Å²) >= 11 is 0. The molecular weight excluding hydrogens is 232 g/mol. The summed E-state index contributed by atoms with van der Waals surface area (Å²) in [5.41, 5.74) is 1.45. The highest BCUT2D eigenvalue weighted by Crippen LogP contribution is 2.14. The third kappa shape index (κ3) is 4.32. The fourth-order valence-electron chi connectivity index (χ4n) is 3.00. The van der Waals surface area contributed by atoms with Gasteiger partial charge in [0.2, 0.25) is 0 Å². The van der Waals surface area contributed by atoms with E-state index in [4.69, 9.17) is 0 Å². The van der Waals surface area contributed by atoms with Crippen LogP contribution < -0.4 is 5.32 Å². The highest BCUT2D eigenvalue weighted by Gasteiger charge is 2.25. The molecule has 1 aromatic rings. The first kappa shape index (κ1) is 14.5. The molecule has 0 saturated carbocycles. The number of hydrogen-bond acceptors (Lipinski definition) is 2. The Morgan fingerprint density at radius 3 is 2.68 bits per heavy atom. The van der Waals surface area contributed by atoms with Crippen molar-refractivity contribution in [2.75, 3.05) is 19.6 Å². The first-order chi connectivity index (χ1) is 9.33. The smallest absolute Gasteiger partial charge is 0.0236 e. The van der Waals surface area contributed by atoms with Crippen molar-refractivity contribution in [2.45, 2.75) is 51.6 Å². The molecule has 2 nitrogen and oxygen atoms in total. The largest absolute Gasteiger partial charge is 0.311 e. The van der Waals surface area contributed by atoms with Crippen molar-refractivity contribution >= 4 is 0 Å². The monoisotopic (exact) mass is 260 g/mol. The number of hydrogen-bond donors (Lipinski definition) is 1. The molecular formula is C17H28N2. The zero-order chi connectivity index (χ0) is 13.5.